The maximum absolute atomic E-state index is 12.5. The zero-order chi connectivity index (χ0) is 16.0. The summed E-state index contributed by atoms with van der Waals surface area (Å²) in [6.45, 7) is 8.98. The Morgan fingerprint density at radius 2 is 1.90 bits per heavy atom. The van der Waals surface area contributed by atoms with E-state index in [-0.39, 0.29) is 22.5 Å². The number of rotatable bonds is 9. The minimum absolute atomic E-state index is 0.115. The monoisotopic (exact) mass is 333 g/mol. The summed E-state index contributed by atoms with van der Waals surface area (Å²) in [7, 11) is -3.36. The molecule has 21 heavy (non-hydrogen) atoms. The van der Waals surface area contributed by atoms with Crippen molar-refractivity contribution in [2.75, 3.05) is 22.9 Å². The van der Waals surface area contributed by atoms with Crippen molar-refractivity contribution in [2.24, 2.45) is 0 Å². The van der Waals surface area contributed by atoms with E-state index < -0.39 is 9.84 Å². The van der Waals surface area contributed by atoms with Crippen LogP contribution in [0, 0.1) is 0 Å². The van der Waals surface area contributed by atoms with Crippen LogP contribution in [0.15, 0.2) is 4.90 Å². The maximum atomic E-state index is 12.5. The average Bonchev–Trinajstić information content (AvgIpc) is 2.76. The summed E-state index contributed by atoms with van der Waals surface area (Å²) in [6.07, 6.45) is 3.89. The van der Waals surface area contributed by atoms with Gasteiger partial charge in [-0.25, -0.2) is 8.42 Å². The predicted molar refractivity (Wildman–Crippen MR) is 90.9 cm³/mol. The fraction of sp³-hybridized carbons (Fsp3) is 0.786. The van der Waals surface area contributed by atoms with Crippen molar-refractivity contribution in [3.63, 3.8) is 0 Å². The van der Waals surface area contributed by atoms with Gasteiger partial charge in [-0.05, 0) is 38.2 Å². The molecule has 0 atom stereocenters. The number of unbranched alkanes of at least 4 members (excludes halogenated alkanes) is 2. The summed E-state index contributed by atoms with van der Waals surface area (Å²) in [5.74, 6) is 0.258. The Bertz CT molecular complexity index is 538. The predicted octanol–water partition coefficient (Wildman–Crippen LogP) is 3.31. The first-order valence-electron chi connectivity index (χ1n) is 7.59. The minimum Gasteiger partial charge on any atom is -0.382 e. The SMILES string of the molecule is CCCCCN(c1snc(N)c1S(=O)(=O)CCC)C(C)C. The van der Waals surface area contributed by atoms with Gasteiger partial charge in [-0.1, -0.05) is 26.7 Å². The molecule has 0 aliphatic heterocycles. The van der Waals surface area contributed by atoms with Gasteiger partial charge in [0, 0.05) is 12.6 Å². The number of hydrogen-bond donors (Lipinski definition) is 1. The van der Waals surface area contributed by atoms with Crippen LogP contribution in [0.2, 0.25) is 0 Å². The lowest BCUT2D eigenvalue weighted by Crippen LogP contribution is -2.32. The van der Waals surface area contributed by atoms with E-state index >= 15 is 0 Å². The minimum atomic E-state index is -3.36. The van der Waals surface area contributed by atoms with Crippen molar-refractivity contribution in [1.82, 2.24) is 4.37 Å². The Balaban J connectivity index is 3.16. The zero-order valence-corrected chi connectivity index (χ0v) is 15.1. The Morgan fingerprint density at radius 1 is 1.24 bits per heavy atom. The number of hydrogen-bond acceptors (Lipinski definition) is 6. The first kappa shape index (κ1) is 18.2. The molecule has 0 amide bonds. The molecule has 0 unspecified atom stereocenters. The first-order chi connectivity index (χ1) is 9.85. The van der Waals surface area contributed by atoms with Gasteiger partial charge >= 0.3 is 0 Å². The summed E-state index contributed by atoms with van der Waals surface area (Å²) in [5, 5.41) is 0.701. The normalized spacial score (nSPS) is 12.0. The second kappa shape index (κ2) is 7.98. The average molecular weight is 334 g/mol. The number of nitrogens with zero attached hydrogens (tertiary/aromatic N) is 2. The van der Waals surface area contributed by atoms with Crippen LogP contribution < -0.4 is 10.6 Å². The van der Waals surface area contributed by atoms with Gasteiger partial charge in [0.05, 0.1) is 5.75 Å². The van der Waals surface area contributed by atoms with Gasteiger partial charge in [0.25, 0.3) is 0 Å². The van der Waals surface area contributed by atoms with Crippen molar-refractivity contribution in [2.45, 2.75) is 64.3 Å². The Labute approximate surface area is 132 Å². The molecule has 1 aromatic heterocycles. The third-order valence-electron chi connectivity index (χ3n) is 3.33. The summed E-state index contributed by atoms with van der Waals surface area (Å²) in [5.41, 5.74) is 5.84. The summed E-state index contributed by atoms with van der Waals surface area (Å²) in [6, 6.07) is 0.220. The number of sulfone groups is 1. The highest BCUT2D eigenvalue weighted by Crippen LogP contribution is 2.36. The highest BCUT2D eigenvalue weighted by atomic mass is 32.2. The zero-order valence-electron chi connectivity index (χ0n) is 13.4. The fourth-order valence-electron chi connectivity index (χ4n) is 2.26. The van der Waals surface area contributed by atoms with E-state index in [1.807, 2.05) is 6.92 Å². The van der Waals surface area contributed by atoms with Crippen LogP contribution in [-0.2, 0) is 9.84 Å². The first-order valence-corrected chi connectivity index (χ1v) is 10.0. The topological polar surface area (TPSA) is 76.3 Å². The van der Waals surface area contributed by atoms with Crippen molar-refractivity contribution >= 4 is 32.2 Å². The molecule has 1 heterocycles. The molecule has 0 aliphatic rings. The lowest BCUT2D eigenvalue weighted by atomic mass is 10.2. The molecule has 0 bridgehead atoms. The molecule has 0 radical (unpaired) electrons. The summed E-state index contributed by atoms with van der Waals surface area (Å²) < 4.78 is 29.0. The molecular weight excluding hydrogens is 306 g/mol. The molecule has 0 saturated heterocycles. The molecule has 0 fully saturated rings. The van der Waals surface area contributed by atoms with Crippen LogP contribution in [-0.4, -0.2) is 31.1 Å². The summed E-state index contributed by atoms with van der Waals surface area (Å²) >= 11 is 1.20. The van der Waals surface area contributed by atoms with Gasteiger partial charge in [0.15, 0.2) is 15.7 Å². The van der Waals surface area contributed by atoms with Crippen LogP contribution in [0.4, 0.5) is 10.8 Å². The quantitative estimate of drug-likeness (QED) is 0.702. The van der Waals surface area contributed by atoms with Gasteiger partial charge in [0.1, 0.15) is 9.90 Å². The third kappa shape index (κ3) is 4.57. The second-order valence-corrected chi connectivity index (χ2v) is 8.31. The van der Waals surface area contributed by atoms with E-state index in [0.29, 0.717) is 11.4 Å². The Hall–Kier alpha value is -0.820. The largest absolute Gasteiger partial charge is 0.382 e. The van der Waals surface area contributed by atoms with E-state index in [9.17, 15) is 8.42 Å². The molecular formula is C14H27N3O2S2. The van der Waals surface area contributed by atoms with Crippen LogP contribution >= 0.6 is 11.5 Å². The fourth-order valence-corrected chi connectivity index (χ4v) is 5.17. The molecule has 7 heteroatoms. The lowest BCUT2D eigenvalue weighted by molar-refractivity contribution is 0.592. The van der Waals surface area contributed by atoms with Crippen LogP contribution in [0.25, 0.3) is 0 Å². The number of nitrogens with two attached hydrogens (primary N) is 1. The van der Waals surface area contributed by atoms with Gasteiger partial charge in [-0.2, -0.15) is 4.37 Å². The molecule has 0 aliphatic carbocycles. The van der Waals surface area contributed by atoms with E-state index in [0.717, 1.165) is 25.8 Å². The molecule has 0 aromatic carbocycles. The molecule has 0 spiro atoms. The third-order valence-corrected chi connectivity index (χ3v) is 6.33. The van der Waals surface area contributed by atoms with E-state index in [1.165, 1.54) is 11.5 Å². The molecule has 0 saturated carbocycles. The van der Waals surface area contributed by atoms with Gasteiger partial charge in [-0.3, -0.25) is 0 Å². The number of nitrogen functional groups attached to an aromatic ring is 1. The highest BCUT2D eigenvalue weighted by molar-refractivity contribution is 7.91. The van der Waals surface area contributed by atoms with Gasteiger partial charge < -0.3 is 10.6 Å². The van der Waals surface area contributed by atoms with Gasteiger partial charge in [-0.15, -0.1) is 0 Å². The van der Waals surface area contributed by atoms with Crippen molar-refractivity contribution < 1.29 is 8.42 Å². The maximum Gasteiger partial charge on any atom is 0.185 e. The van der Waals surface area contributed by atoms with Crippen LogP contribution in [0.5, 0.6) is 0 Å². The smallest absolute Gasteiger partial charge is 0.185 e. The van der Waals surface area contributed by atoms with Crippen LogP contribution in [0.1, 0.15) is 53.4 Å². The van der Waals surface area contributed by atoms with Gasteiger partial charge in [0.2, 0.25) is 0 Å². The second-order valence-electron chi connectivity index (χ2n) is 5.52. The number of anilines is 2. The molecule has 2 N–H and O–H groups in total. The summed E-state index contributed by atoms with van der Waals surface area (Å²) in [4.78, 5) is 2.35. The van der Waals surface area contributed by atoms with Crippen LogP contribution in [0.3, 0.4) is 0 Å². The van der Waals surface area contributed by atoms with Crippen molar-refractivity contribution in [3.8, 4) is 0 Å². The van der Waals surface area contributed by atoms with E-state index in [4.69, 9.17) is 5.73 Å². The van der Waals surface area contributed by atoms with E-state index in [2.05, 4.69) is 30.0 Å². The standard InChI is InChI=1S/C14H27N3O2S2/c1-5-7-8-9-17(11(3)4)14-12(13(15)16-20-14)21(18,19)10-6-2/h11H,5-10H2,1-4H3,(H2,15,16). The van der Waals surface area contributed by atoms with Crippen molar-refractivity contribution in [3.05, 3.63) is 0 Å². The lowest BCUT2D eigenvalue weighted by Gasteiger charge is -2.28. The number of aromatic nitrogens is 1. The molecule has 1 aromatic rings. The molecule has 1 rings (SSSR count). The molecule has 122 valence electrons. The van der Waals surface area contributed by atoms with E-state index in [1.54, 1.807) is 0 Å². The van der Waals surface area contributed by atoms with Crippen molar-refractivity contribution in [1.29, 1.82) is 0 Å². The highest BCUT2D eigenvalue weighted by Gasteiger charge is 2.28. The molecule has 5 nitrogen and oxygen atoms in total. The Morgan fingerprint density at radius 3 is 2.43 bits per heavy atom. The Kier molecular flexibility index (Phi) is 6.93.